The van der Waals surface area contributed by atoms with Crippen LogP contribution in [-0.4, -0.2) is 9.78 Å². The van der Waals surface area contributed by atoms with Gasteiger partial charge in [0.15, 0.2) is 0 Å². The predicted octanol–water partition coefficient (Wildman–Crippen LogP) is 4.71. The molecule has 21 heavy (non-hydrogen) atoms. The molecule has 0 aliphatic rings. The average molecular weight is 344 g/mol. The van der Waals surface area contributed by atoms with E-state index in [0.717, 1.165) is 27.1 Å². The Kier molecular flexibility index (Phi) is 3.49. The van der Waals surface area contributed by atoms with Crippen LogP contribution in [-0.2, 0) is 7.05 Å². The second-order valence-electron chi connectivity index (χ2n) is 5.63. The van der Waals surface area contributed by atoms with E-state index in [1.165, 1.54) is 10.8 Å². The van der Waals surface area contributed by atoms with Crippen molar-refractivity contribution in [1.82, 2.24) is 9.78 Å². The number of anilines is 1. The van der Waals surface area contributed by atoms with Crippen LogP contribution in [0.3, 0.4) is 0 Å². The highest BCUT2D eigenvalue weighted by atomic mass is 79.9. The van der Waals surface area contributed by atoms with Crippen molar-refractivity contribution in [3.05, 3.63) is 46.4 Å². The van der Waals surface area contributed by atoms with Gasteiger partial charge < -0.3 is 5.73 Å². The van der Waals surface area contributed by atoms with Crippen molar-refractivity contribution in [3.8, 4) is 11.3 Å². The molecule has 0 saturated carbocycles. The molecule has 0 amide bonds. The van der Waals surface area contributed by atoms with E-state index in [1.807, 2.05) is 7.05 Å². The topological polar surface area (TPSA) is 43.8 Å². The standard InChI is InChI=1S/C17H18BrN3/c1-10(2)15-16(20-21(3)17(15)19)13-5-4-12-9-14(18)7-6-11(12)8-13/h4-10H,19H2,1-3H3. The zero-order valence-electron chi connectivity index (χ0n) is 12.4. The van der Waals surface area contributed by atoms with Crippen LogP contribution in [0.5, 0.6) is 0 Å². The average Bonchev–Trinajstić information content (AvgIpc) is 2.74. The Labute approximate surface area is 132 Å². The number of fused-ring (bicyclic) bond motifs is 1. The molecule has 0 radical (unpaired) electrons. The Morgan fingerprint density at radius 3 is 2.48 bits per heavy atom. The summed E-state index contributed by atoms with van der Waals surface area (Å²) in [5.41, 5.74) is 9.38. The summed E-state index contributed by atoms with van der Waals surface area (Å²) in [7, 11) is 1.89. The molecule has 1 heterocycles. The van der Waals surface area contributed by atoms with Crippen LogP contribution in [0.15, 0.2) is 40.9 Å². The van der Waals surface area contributed by atoms with E-state index < -0.39 is 0 Å². The molecule has 1 aromatic heterocycles. The van der Waals surface area contributed by atoms with Crippen LogP contribution in [0.25, 0.3) is 22.0 Å². The molecular weight excluding hydrogens is 326 g/mol. The molecule has 0 atom stereocenters. The smallest absolute Gasteiger partial charge is 0.125 e. The second-order valence-corrected chi connectivity index (χ2v) is 6.55. The predicted molar refractivity (Wildman–Crippen MR) is 92.4 cm³/mol. The number of nitrogens with zero attached hydrogens (tertiary/aromatic N) is 2. The molecule has 0 aliphatic carbocycles. The maximum Gasteiger partial charge on any atom is 0.125 e. The molecule has 3 nitrogen and oxygen atoms in total. The van der Waals surface area contributed by atoms with Crippen molar-refractivity contribution >= 4 is 32.5 Å². The molecular formula is C17H18BrN3. The summed E-state index contributed by atoms with van der Waals surface area (Å²) in [6.07, 6.45) is 0. The highest BCUT2D eigenvalue weighted by Gasteiger charge is 2.18. The zero-order chi connectivity index (χ0) is 15.1. The Hall–Kier alpha value is -1.81. The molecule has 3 aromatic rings. The Morgan fingerprint density at radius 1 is 1.10 bits per heavy atom. The van der Waals surface area contributed by atoms with E-state index in [4.69, 9.17) is 5.73 Å². The zero-order valence-corrected chi connectivity index (χ0v) is 14.0. The van der Waals surface area contributed by atoms with Gasteiger partial charge in [0.1, 0.15) is 5.82 Å². The minimum absolute atomic E-state index is 0.342. The summed E-state index contributed by atoms with van der Waals surface area (Å²) in [5.74, 6) is 1.09. The molecule has 0 bridgehead atoms. The second kappa shape index (κ2) is 5.19. The molecule has 108 valence electrons. The number of aromatic nitrogens is 2. The third-order valence-corrected chi connectivity index (χ3v) is 4.28. The van der Waals surface area contributed by atoms with Crippen LogP contribution in [0.2, 0.25) is 0 Å². The van der Waals surface area contributed by atoms with Crippen molar-refractivity contribution in [2.24, 2.45) is 7.05 Å². The number of hydrogen-bond donors (Lipinski definition) is 1. The maximum atomic E-state index is 6.17. The SMILES string of the molecule is CC(C)c1c(-c2ccc3cc(Br)ccc3c2)nn(C)c1N. The van der Waals surface area contributed by atoms with Crippen LogP contribution >= 0.6 is 15.9 Å². The number of halogens is 1. The molecule has 0 aliphatic heterocycles. The number of nitrogens with two attached hydrogens (primary N) is 1. The van der Waals surface area contributed by atoms with E-state index >= 15 is 0 Å². The fraction of sp³-hybridized carbons (Fsp3) is 0.235. The van der Waals surface area contributed by atoms with Crippen LogP contribution in [0.1, 0.15) is 25.3 Å². The monoisotopic (exact) mass is 343 g/mol. The largest absolute Gasteiger partial charge is 0.384 e. The van der Waals surface area contributed by atoms with E-state index in [2.05, 4.69) is 71.3 Å². The van der Waals surface area contributed by atoms with Crippen molar-refractivity contribution in [1.29, 1.82) is 0 Å². The molecule has 2 aromatic carbocycles. The summed E-state index contributed by atoms with van der Waals surface area (Å²) < 4.78 is 2.85. The molecule has 4 heteroatoms. The molecule has 0 fully saturated rings. The van der Waals surface area contributed by atoms with Crippen LogP contribution < -0.4 is 5.73 Å². The lowest BCUT2D eigenvalue weighted by Gasteiger charge is -2.08. The summed E-state index contributed by atoms with van der Waals surface area (Å²) >= 11 is 3.51. The summed E-state index contributed by atoms with van der Waals surface area (Å²) in [5, 5.41) is 7.02. The van der Waals surface area contributed by atoms with Gasteiger partial charge in [-0.2, -0.15) is 5.10 Å². The Balaban J connectivity index is 2.21. The van der Waals surface area contributed by atoms with E-state index in [0.29, 0.717) is 5.92 Å². The number of aryl methyl sites for hydroxylation is 1. The normalized spacial score (nSPS) is 11.5. The van der Waals surface area contributed by atoms with Crippen LogP contribution in [0.4, 0.5) is 5.82 Å². The van der Waals surface area contributed by atoms with Crippen molar-refractivity contribution in [2.45, 2.75) is 19.8 Å². The van der Waals surface area contributed by atoms with Gasteiger partial charge in [-0.15, -0.1) is 0 Å². The minimum Gasteiger partial charge on any atom is -0.384 e. The highest BCUT2D eigenvalue weighted by Crippen LogP contribution is 2.34. The number of benzene rings is 2. The van der Waals surface area contributed by atoms with Gasteiger partial charge in [0, 0.05) is 22.6 Å². The van der Waals surface area contributed by atoms with E-state index in [9.17, 15) is 0 Å². The van der Waals surface area contributed by atoms with Crippen molar-refractivity contribution < 1.29 is 0 Å². The van der Waals surface area contributed by atoms with Crippen molar-refractivity contribution in [3.63, 3.8) is 0 Å². The van der Waals surface area contributed by atoms with Gasteiger partial charge in [0.2, 0.25) is 0 Å². The maximum absolute atomic E-state index is 6.17. The molecule has 0 saturated heterocycles. The Morgan fingerprint density at radius 2 is 1.76 bits per heavy atom. The first-order chi connectivity index (χ1) is 9.97. The summed E-state index contributed by atoms with van der Waals surface area (Å²) in [6, 6.07) is 12.7. The third kappa shape index (κ3) is 2.44. The van der Waals surface area contributed by atoms with Gasteiger partial charge in [0.05, 0.1) is 5.69 Å². The number of hydrogen-bond acceptors (Lipinski definition) is 2. The van der Waals surface area contributed by atoms with Crippen LogP contribution in [0, 0.1) is 0 Å². The third-order valence-electron chi connectivity index (χ3n) is 3.78. The molecule has 2 N–H and O–H groups in total. The number of nitrogen functional groups attached to an aromatic ring is 1. The summed E-state index contributed by atoms with van der Waals surface area (Å²) in [4.78, 5) is 0. The first-order valence-corrected chi connectivity index (χ1v) is 7.78. The summed E-state index contributed by atoms with van der Waals surface area (Å²) in [6.45, 7) is 4.30. The first kappa shape index (κ1) is 14.1. The first-order valence-electron chi connectivity index (χ1n) is 6.99. The minimum atomic E-state index is 0.342. The molecule has 0 unspecified atom stereocenters. The molecule has 3 rings (SSSR count). The van der Waals surface area contributed by atoms with E-state index in [1.54, 1.807) is 4.68 Å². The number of rotatable bonds is 2. The van der Waals surface area contributed by atoms with Gasteiger partial charge in [0.25, 0.3) is 0 Å². The lowest BCUT2D eigenvalue weighted by Crippen LogP contribution is -2.00. The highest BCUT2D eigenvalue weighted by molar-refractivity contribution is 9.10. The van der Waals surface area contributed by atoms with Gasteiger partial charge in [-0.25, -0.2) is 0 Å². The molecule has 0 spiro atoms. The fourth-order valence-electron chi connectivity index (χ4n) is 2.70. The quantitative estimate of drug-likeness (QED) is 0.732. The fourth-order valence-corrected chi connectivity index (χ4v) is 3.08. The lowest BCUT2D eigenvalue weighted by atomic mass is 9.97. The lowest BCUT2D eigenvalue weighted by molar-refractivity contribution is 0.780. The van der Waals surface area contributed by atoms with Gasteiger partial charge >= 0.3 is 0 Å². The van der Waals surface area contributed by atoms with Gasteiger partial charge in [-0.1, -0.05) is 48.0 Å². The van der Waals surface area contributed by atoms with E-state index in [-0.39, 0.29) is 0 Å². The van der Waals surface area contributed by atoms with Crippen molar-refractivity contribution in [2.75, 3.05) is 5.73 Å². The van der Waals surface area contributed by atoms with Gasteiger partial charge in [-0.05, 0) is 34.9 Å². The van der Waals surface area contributed by atoms with Gasteiger partial charge in [-0.3, -0.25) is 4.68 Å². The Bertz CT molecular complexity index is 818.